The van der Waals surface area contributed by atoms with E-state index in [-0.39, 0.29) is 0 Å². The van der Waals surface area contributed by atoms with Crippen LogP contribution in [0.4, 0.5) is 0 Å². The highest BCUT2D eigenvalue weighted by atomic mass is 15.2. The van der Waals surface area contributed by atoms with Gasteiger partial charge in [-0.25, -0.2) is 0 Å². The molecule has 0 saturated carbocycles. The quantitative estimate of drug-likeness (QED) is 0.323. The predicted molar refractivity (Wildman–Crippen MR) is 143 cm³/mol. The second-order valence-corrected chi connectivity index (χ2v) is 8.52. The van der Waals surface area contributed by atoms with Crippen molar-refractivity contribution < 1.29 is 0 Å². The number of nitrogens with zero attached hydrogens (tertiary/aromatic N) is 2. The Morgan fingerprint density at radius 2 is 1.21 bits per heavy atom. The smallest absolute Gasteiger partial charge is 0.0995 e. The van der Waals surface area contributed by atoms with E-state index in [0.717, 1.165) is 17.0 Å². The monoisotopic (exact) mass is 439 g/mol. The summed E-state index contributed by atoms with van der Waals surface area (Å²) in [5.41, 5.74) is 14.3. The zero-order chi connectivity index (χ0) is 22.9. The normalized spacial score (nSPS) is 14.8. The van der Waals surface area contributed by atoms with Gasteiger partial charge >= 0.3 is 0 Å². The maximum Gasteiger partial charge on any atom is 0.0995 e. The van der Waals surface area contributed by atoms with Crippen molar-refractivity contribution in [2.24, 2.45) is 5.73 Å². The Morgan fingerprint density at radius 1 is 0.618 bits per heavy atom. The Bertz CT molecular complexity index is 1510. The van der Waals surface area contributed by atoms with Crippen molar-refractivity contribution in [2.45, 2.75) is 6.67 Å². The number of rotatable bonds is 4. The molecular weight excluding hydrogens is 414 g/mol. The van der Waals surface area contributed by atoms with Crippen molar-refractivity contribution in [1.29, 1.82) is 0 Å². The number of hydrogen-bond donors (Lipinski definition) is 1. The minimum absolute atomic E-state index is 0.674. The van der Waals surface area contributed by atoms with Crippen molar-refractivity contribution >= 4 is 27.5 Å². The zero-order valence-corrected chi connectivity index (χ0v) is 18.8. The Morgan fingerprint density at radius 3 is 1.88 bits per heavy atom. The number of benzene rings is 4. The standard InChI is InChI=1S/C31H25N3/c32-31(25-19-17-24(18-20-25)23-10-2-1-3-11-23)30-16-8-9-21-33(30)22-34-28-14-6-4-12-26(28)27-13-5-7-15-29(27)34/h1-21H,22,32H2/b31-30-. The number of nitrogens with two attached hydrogens (primary N) is 1. The molecule has 0 fully saturated rings. The SMILES string of the molecule is N/C(=C1/C=CC=CN1Cn1c2ccccc2c2ccccc21)c1ccc(-c2ccccc2)cc1. The maximum atomic E-state index is 6.75. The summed E-state index contributed by atoms with van der Waals surface area (Å²) in [5.74, 6) is 0. The van der Waals surface area contributed by atoms with E-state index >= 15 is 0 Å². The lowest BCUT2D eigenvalue weighted by molar-refractivity contribution is 0.395. The first-order chi connectivity index (χ1) is 16.8. The number of aromatic nitrogens is 1. The van der Waals surface area contributed by atoms with E-state index in [2.05, 4.69) is 125 Å². The largest absolute Gasteiger partial charge is 0.397 e. The number of para-hydroxylation sites is 2. The summed E-state index contributed by atoms with van der Waals surface area (Å²) in [6, 6.07) is 36.1. The van der Waals surface area contributed by atoms with Crippen molar-refractivity contribution in [3.63, 3.8) is 0 Å². The second kappa shape index (κ2) is 8.45. The van der Waals surface area contributed by atoms with Crippen LogP contribution in [0.1, 0.15) is 5.56 Å². The molecule has 0 aliphatic carbocycles. The van der Waals surface area contributed by atoms with Crippen LogP contribution in [0.5, 0.6) is 0 Å². The average molecular weight is 440 g/mol. The number of hydrogen-bond acceptors (Lipinski definition) is 2. The van der Waals surface area contributed by atoms with Crippen LogP contribution in [0.2, 0.25) is 0 Å². The topological polar surface area (TPSA) is 34.2 Å². The van der Waals surface area contributed by atoms with Crippen LogP contribution in [0.25, 0.3) is 38.6 Å². The zero-order valence-electron chi connectivity index (χ0n) is 18.8. The average Bonchev–Trinajstić information content (AvgIpc) is 3.23. The molecule has 0 spiro atoms. The van der Waals surface area contributed by atoms with Crippen molar-refractivity contribution in [3.8, 4) is 11.1 Å². The Balaban J connectivity index is 1.38. The first kappa shape index (κ1) is 20.1. The van der Waals surface area contributed by atoms with Gasteiger partial charge in [0.25, 0.3) is 0 Å². The molecule has 1 aliphatic rings. The van der Waals surface area contributed by atoms with Crippen molar-refractivity contribution in [2.75, 3.05) is 0 Å². The first-order valence-electron chi connectivity index (χ1n) is 11.5. The molecule has 0 atom stereocenters. The molecule has 1 aliphatic heterocycles. The number of fused-ring (bicyclic) bond motifs is 3. The van der Waals surface area contributed by atoms with Crippen molar-refractivity contribution in [3.05, 3.63) is 139 Å². The molecule has 0 bridgehead atoms. The van der Waals surface area contributed by atoms with Gasteiger partial charge in [-0.15, -0.1) is 0 Å². The third kappa shape index (κ3) is 3.48. The fourth-order valence-corrected chi connectivity index (χ4v) is 4.77. The van der Waals surface area contributed by atoms with E-state index in [1.54, 1.807) is 0 Å². The van der Waals surface area contributed by atoms with Crippen LogP contribution in [-0.4, -0.2) is 9.47 Å². The minimum Gasteiger partial charge on any atom is -0.397 e. The molecule has 34 heavy (non-hydrogen) atoms. The van der Waals surface area contributed by atoms with Crippen LogP contribution in [-0.2, 0) is 6.67 Å². The van der Waals surface area contributed by atoms with Crippen LogP contribution in [0, 0.1) is 0 Å². The number of allylic oxidation sites excluding steroid dienone is 3. The minimum atomic E-state index is 0.674. The van der Waals surface area contributed by atoms with Gasteiger partial charge in [-0.1, -0.05) is 97.1 Å². The Hall–Kier alpha value is -4.50. The molecule has 3 heteroatoms. The third-order valence-corrected chi connectivity index (χ3v) is 6.49. The van der Waals surface area contributed by atoms with Gasteiger partial charge in [0, 0.05) is 17.0 Å². The van der Waals surface area contributed by atoms with Gasteiger partial charge in [0.2, 0.25) is 0 Å². The second-order valence-electron chi connectivity index (χ2n) is 8.52. The molecule has 2 N–H and O–H groups in total. The molecule has 0 radical (unpaired) electrons. The lowest BCUT2D eigenvalue weighted by atomic mass is 10.0. The molecule has 6 rings (SSSR count). The summed E-state index contributed by atoms with van der Waals surface area (Å²) in [4.78, 5) is 2.22. The predicted octanol–water partition coefficient (Wildman–Crippen LogP) is 7.13. The molecule has 2 heterocycles. The van der Waals surface area contributed by atoms with E-state index in [9.17, 15) is 0 Å². The molecule has 164 valence electrons. The van der Waals surface area contributed by atoms with Gasteiger partial charge in [-0.05, 0) is 41.0 Å². The maximum absolute atomic E-state index is 6.75. The molecule has 1 aromatic heterocycles. The fraction of sp³-hybridized carbons (Fsp3) is 0.0323. The van der Waals surface area contributed by atoms with Crippen molar-refractivity contribution in [1.82, 2.24) is 9.47 Å². The van der Waals surface area contributed by atoms with Gasteiger partial charge in [0.15, 0.2) is 0 Å². The van der Waals surface area contributed by atoms with Gasteiger partial charge in [-0.3, -0.25) is 0 Å². The van der Waals surface area contributed by atoms with E-state index < -0.39 is 0 Å². The Labute approximate surface area is 199 Å². The summed E-state index contributed by atoms with van der Waals surface area (Å²) in [5, 5.41) is 2.54. The lowest BCUT2D eigenvalue weighted by Crippen LogP contribution is -2.23. The van der Waals surface area contributed by atoms with Gasteiger partial charge < -0.3 is 15.2 Å². The van der Waals surface area contributed by atoms with Crippen LogP contribution < -0.4 is 5.73 Å². The fourth-order valence-electron chi connectivity index (χ4n) is 4.77. The molecule has 0 saturated heterocycles. The van der Waals surface area contributed by atoms with E-state index in [1.807, 2.05) is 12.1 Å². The molecule has 5 aromatic rings. The summed E-state index contributed by atoms with van der Waals surface area (Å²) < 4.78 is 2.36. The van der Waals surface area contributed by atoms with E-state index in [4.69, 9.17) is 5.73 Å². The van der Waals surface area contributed by atoms with Gasteiger partial charge in [0.05, 0.1) is 29.1 Å². The first-order valence-corrected chi connectivity index (χ1v) is 11.5. The van der Waals surface area contributed by atoms with Crippen LogP contribution >= 0.6 is 0 Å². The van der Waals surface area contributed by atoms with E-state index in [0.29, 0.717) is 6.67 Å². The Kier molecular flexibility index (Phi) is 5.00. The third-order valence-electron chi connectivity index (χ3n) is 6.49. The van der Waals surface area contributed by atoms with Gasteiger partial charge in [0.1, 0.15) is 0 Å². The highest BCUT2D eigenvalue weighted by Crippen LogP contribution is 2.31. The molecule has 3 nitrogen and oxygen atoms in total. The highest BCUT2D eigenvalue weighted by Gasteiger charge is 2.16. The van der Waals surface area contributed by atoms with Crippen LogP contribution in [0.15, 0.2) is 133 Å². The summed E-state index contributed by atoms with van der Waals surface area (Å²) in [7, 11) is 0. The summed E-state index contributed by atoms with van der Waals surface area (Å²) in [6.07, 6.45) is 8.30. The summed E-state index contributed by atoms with van der Waals surface area (Å²) >= 11 is 0. The van der Waals surface area contributed by atoms with Gasteiger partial charge in [-0.2, -0.15) is 0 Å². The molecule has 4 aromatic carbocycles. The highest BCUT2D eigenvalue weighted by molar-refractivity contribution is 6.07. The van der Waals surface area contributed by atoms with E-state index in [1.165, 1.54) is 32.9 Å². The summed E-state index contributed by atoms with van der Waals surface area (Å²) in [6.45, 7) is 0.674. The lowest BCUT2D eigenvalue weighted by Gasteiger charge is -2.27. The van der Waals surface area contributed by atoms with Crippen LogP contribution in [0.3, 0.4) is 0 Å². The molecule has 0 amide bonds. The molecular formula is C31H25N3. The molecule has 0 unspecified atom stereocenters.